The minimum atomic E-state index is -1.62. The van der Waals surface area contributed by atoms with Gasteiger partial charge in [-0.3, -0.25) is 14.4 Å². The molecule has 2 fully saturated rings. The van der Waals surface area contributed by atoms with E-state index in [4.69, 9.17) is 4.74 Å². The number of carbonyl (C=O) groups excluding carboxylic acids is 3. The second-order valence-electron chi connectivity index (χ2n) is 10.2. The highest BCUT2D eigenvalue weighted by Crippen LogP contribution is 2.67. The maximum absolute atomic E-state index is 15.3. The number of hydrogen-bond donors (Lipinski definition) is 1. The van der Waals surface area contributed by atoms with Crippen molar-refractivity contribution in [2.45, 2.75) is 71.6 Å². The number of ketones is 2. The second kappa shape index (κ2) is 6.84. The molecule has 0 spiro atoms. The van der Waals surface area contributed by atoms with Crippen LogP contribution < -0.4 is 0 Å². The summed E-state index contributed by atoms with van der Waals surface area (Å²) in [4.78, 5) is 36.2. The van der Waals surface area contributed by atoms with Crippen LogP contribution in [-0.2, 0) is 19.1 Å². The maximum Gasteiger partial charge on any atom is 0.303 e. The van der Waals surface area contributed by atoms with Crippen molar-refractivity contribution in [3.8, 4) is 0 Å². The predicted molar refractivity (Wildman–Crippen MR) is 108 cm³/mol. The Morgan fingerprint density at radius 3 is 2.63 bits per heavy atom. The van der Waals surface area contributed by atoms with E-state index in [0.29, 0.717) is 31.3 Å². The molecule has 0 heterocycles. The number of Topliss-reactive ketones (excluding diaryl/α,β-unsaturated/α-hetero) is 1. The lowest BCUT2D eigenvalue weighted by atomic mass is 9.50. The zero-order valence-corrected chi connectivity index (χ0v) is 18.2. The summed E-state index contributed by atoms with van der Waals surface area (Å²) in [6.45, 7) is 6.61. The summed E-state index contributed by atoms with van der Waals surface area (Å²) in [5, 5.41) is 11.7. The lowest BCUT2D eigenvalue weighted by molar-refractivity contribution is -0.167. The molecule has 164 valence electrons. The van der Waals surface area contributed by atoms with Crippen LogP contribution >= 0.6 is 0 Å². The Morgan fingerprint density at radius 2 is 1.97 bits per heavy atom. The van der Waals surface area contributed by atoms with E-state index < -0.39 is 41.0 Å². The number of allylic oxidation sites excluding steroid dienone is 4. The van der Waals surface area contributed by atoms with Gasteiger partial charge in [-0.2, -0.15) is 0 Å². The fraction of sp³-hybridized carbons (Fsp3) is 0.708. The highest BCUT2D eigenvalue weighted by molar-refractivity contribution is 5.92. The third kappa shape index (κ3) is 2.72. The molecule has 0 aromatic heterocycles. The molecule has 1 N–H and O–H groups in total. The first-order chi connectivity index (χ1) is 13.9. The van der Waals surface area contributed by atoms with Crippen molar-refractivity contribution in [2.24, 2.45) is 28.6 Å². The average Bonchev–Trinajstić information content (AvgIpc) is 2.89. The third-order valence-electron chi connectivity index (χ3n) is 8.73. The highest BCUT2D eigenvalue weighted by atomic mass is 19.1. The van der Waals surface area contributed by atoms with Gasteiger partial charge in [0.05, 0.1) is 0 Å². The van der Waals surface area contributed by atoms with Gasteiger partial charge in [0.15, 0.2) is 12.4 Å². The van der Waals surface area contributed by atoms with E-state index in [1.165, 1.54) is 18.6 Å². The van der Waals surface area contributed by atoms with Crippen LogP contribution in [0.1, 0.15) is 59.8 Å². The van der Waals surface area contributed by atoms with Crippen LogP contribution in [0.2, 0.25) is 0 Å². The first-order valence-corrected chi connectivity index (χ1v) is 10.9. The molecule has 5 nitrogen and oxygen atoms in total. The fourth-order valence-corrected chi connectivity index (χ4v) is 7.08. The van der Waals surface area contributed by atoms with Crippen molar-refractivity contribution in [3.63, 3.8) is 0 Å². The Hall–Kier alpha value is -1.82. The van der Waals surface area contributed by atoms with Crippen molar-refractivity contribution in [3.05, 3.63) is 23.3 Å². The van der Waals surface area contributed by atoms with E-state index in [2.05, 4.69) is 6.08 Å². The Labute approximate surface area is 176 Å². The molecule has 0 unspecified atom stereocenters. The number of rotatable bonds is 3. The summed E-state index contributed by atoms with van der Waals surface area (Å²) in [6.07, 6.45) is 4.83. The highest BCUT2D eigenvalue weighted by Gasteiger charge is 2.68. The fourth-order valence-electron chi connectivity index (χ4n) is 7.08. The van der Waals surface area contributed by atoms with E-state index >= 15 is 4.39 Å². The first-order valence-electron chi connectivity index (χ1n) is 10.9. The van der Waals surface area contributed by atoms with Crippen LogP contribution in [0.15, 0.2) is 23.3 Å². The Bertz CT molecular complexity index is 875. The zero-order chi connectivity index (χ0) is 22.1. The number of halogens is 1. The standard InChI is InChI=1S/C24H31FO5/c1-13-9-18-16-11-20(25)19-10-15(27)5-7-22(19,3)17(16)6-8-23(18,4)24(13,29)21(28)12-30-14(2)26/h6,10,13,16,18,20,29H,5,7-9,11-12H2,1-4H3/t13-,16-,18-,20+,22+,23+,24+/m1/s1. The lowest BCUT2D eigenvalue weighted by Gasteiger charge is -2.55. The average molecular weight is 419 g/mol. The second-order valence-corrected chi connectivity index (χ2v) is 10.2. The van der Waals surface area contributed by atoms with Gasteiger partial charge in [0.1, 0.15) is 11.8 Å². The van der Waals surface area contributed by atoms with E-state index in [1.54, 1.807) is 0 Å². The third-order valence-corrected chi connectivity index (χ3v) is 8.73. The van der Waals surface area contributed by atoms with Crippen LogP contribution in [-0.4, -0.2) is 41.0 Å². The summed E-state index contributed by atoms with van der Waals surface area (Å²) >= 11 is 0. The molecule has 6 heteroatoms. The molecule has 0 saturated heterocycles. The number of alkyl halides is 1. The van der Waals surface area contributed by atoms with Crippen LogP contribution in [0.25, 0.3) is 0 Å². The van der Waals surface area contributed by atoms with Crippen LogP contribution in [0.4, 0.5) is 4.39 Å². The van der Waals surface area contributed by atoms with Crippen LogP contribution in [0, 0.1) is 28.6 Å². The van der Waals surface area contributed by atoms with Crippen molar-refractivity contribution < 1.29 is 28.6 Å². The van der Waals surface area contributed by atoms with Crippen molar-refractivity contribution in [1.29, 1.82) is 0 Å². The number of fused-ring (bicyclic) bond motifs is 5. The molecule has 0 aliphatic heterocycles. The molecule has 30 heavy (non-hydrogen) atoms. The number of carbonyl (C=O) groups is 3. The Balaban J connectivity index is 1.73. The molecular weight excluding hydrogens is 387 g/mol. The molecule has 0 radical (unpaired) electrons. The van der Waals surface area contributed by atoms with Crippen molar-refractivity contribution in [2.75, 3.05) is 6.61 Å². The Morgan fingerprint density at radius 1 is 1.27 bits per heavy atom. The van der Waals surface area contributed by atoms with Gasteiger partial charge in [0.25, 0.3) is 0 Å². The molecule has 4 rings (SSSR count). The zero-order valence-electron chi connectivity index (χ0n) is 18.2. The van der Waals surface area contributed by atoms with Gasteiger partial charge in [0, 0.05) is 24.2 Å². The SMILES string of the molecule is CC(=O)OCC(=O)[C@@]1(O)[C@H](C)C[C@@H]2[C@@H]3C[C@H](F)C4=CC(=O)CC[C@@]4(C)C3=CC[C@@]21C. The summed E-state index contributed by atoms with van der Waals surface area (Å²) in [7, 11) is 0. The minimum Gasteiger partial charge on any atom is -0.458 e. The van der Waals surface area contributed by atoms with Crippen molar-refractivity contribution >= 4 is 17.5 Å². The van der Waals surface area contributed by atoms with E-state index in [0.717, 1.165) is 0 Å². The van der Waals surface area contributed by atoms with E-state index in [1.807, 2.05) is 20.8 Å². The molecule has 4 aliphatic rings. The smallest absolute Gasteiger partial charge is 0.303 e. The van der Waals surface area contributed by atoms with E-state index in [9.17, 15) is 19.5 Å². The molecule has 0 amide bonds. The molecule has 7 atom stereocenters. The summed E-state index contributed by atoms with van der Waals surface area (Å²) in [6, 6.07) is 0. The van der Waals surface area contributed by atoms with Gasteiger partial charge in [-0.25, -0.2) is 4.39 Å². The van der Waals surface area contributed by atoms with Crippen LogP contribution in [0.5, 0.6) is 0 Å². The molecule has 0 bridgehead atoms. The summed E-state index contributed by atoms with van der Waals surface area (Å²) in [5.41, 5.74) is -1.08. The van der Waals surface area contributed by atoms with Gasteiger partial charge in [-0.05, 0) is 55.1 Å². The monoisotopic (exact) mass is 418 g/mol. The molecule has 2 saturated carbocycles. The van der Waals surface area contributed by atoms with E-state index in [-0.39, 0.29) is 30.0 Å². The molecule has 4 aliphatic carbocycles. The van der Waals surface area contributed by atoms with Gasteiger partial charge in [-0.15, -0.1) is 0 Å². The molecule has 0 aromatic carbocycles. The largest absolute Gasteiger partial charge is 0.458 e. The number of aliphatic hydroxyl groups is 1. The number of hydrogen-bond acceptors (Lipinski definition) is 5. The van der Waals surface area contributed by atoms with Crippen molar-refractivity contribution in [1.82, 2.24) is 0 Å². The number of esters is 1. The normalized spacial score (nSPS) is 44.9. The quantitative estimate of drug-likeness (QED) is 0.561. The topological polar surface area (TPSA) is 80.7 Å². The van der Waals surface area contributed by atoms with Gasteiger partial charge < -0.3 is 9.84 Å². The molecule has 0 aromatic rings. The minimum absolute atomic E-state index is 0.00949. The first kappa shape index (κ1) is 21.4. The van der Waals surface area contributed by atoms with Gasteiger partial charge in [0.2, 0.25) is 5.78 Å². The van der Waals surface area contributed by atoms with Gasteiger partial charge >= 0.3 is 5.97 Å². The van der Waals surface area contributed by atoms with Crippen LogP contribution in [0.3, 0.4) is 0 Å². The maximum atomic E-state index is 15.3. The Kier molecular flexibility index (Phi) is 4.88. The summed E-state index contributed by atoms with van der Waals surface area (Å²) < 4.78 is 20.2. The predicted octanol–water partition coefficient (Wildman–Crippen LogP) is 3.50. The number of ether oxygens (including phenoxy) is 1. The van der Waals surface area contributed by atoms with Gasteiger partial charge in [-0.1, -0.05) is 32.4 Å². The summed E-state index contributed by atoms with van der Waals surface area (Å²) in [5.74, 6) is -1.49. The molecular formula is C24H31FO5. The lowest BCUT2D eigenvalue weighted by Crippen LogP contribution is -2.58.